The largest absolute Gasteiger partial charge is 0.356 e. The summed E-state index contributed by atoms with van der Waals surface area (Å²) in [5.41, 5.74) is 5.53. The molecule has 3 N–H and O–H groups in total. The van der Waals surface area contributed by atoms with Crippen LogP contribution in [0.1, 0.15) is 39.5 Å². The van der Waals surface area contributed by atoms with Crippen molar-refractivity contribution in [2.24, 2.45) is 5.73 Å². The predicted molar refractivity (Wildman–Crippen MR) is 50.8 cm³/mol. The SMILES string of the molecule is CCCCC(=O)NCCC(C)N. The zero-order valence-electron chi connectivity index (χ0n) is 8.10. The number of nitrogens with one attached hydrogen (secondary N) is 1. The lowest BCUT2D eigenvalue weighted by Crippen LogP contribution is -2.28. The molecule has 0 radical (unpaired) electrons. The van der Waals surface area contributed by atoms with Gasteiger partial charge in [0.15, 0.2) is 0 Å². The van der Waals surface area contributed by atoms with Gasteiger partial charge in [0.1, 0.15) is 0 Å². The molecule has 72 valence electrons. The summed E-state index contributed by atoms with van der Waals surface area (Å²) in [5, 5.41) is 2.83. The summed E-state index contributed by atoms with van der Waals surface area (Å²) < 4.78 is 0. The van der Waals surface area contributed by atoms with Crippen LogP contribution in [0.4, 0.5) is 0 Å². The first-order valence-electron chi connectivity index (χ1n) is 4.69. The number of rotatable bonds is 6. The maximum Gasteiger partial charge on any atom is 0.219 e. The van der Waals surface area contributed by atoms with E-state index in [1.165, 1.54) is 0 Å². The molecule has 3 nitrogen and oxygen atoms in total. The van der Waals surface area contributed by atoms with Crippen LogP contribution in [0.3, 0.4) is 0 Å². The second-order valence-corrected chi connectivity index (χ2v) is 3.22. The first-order chi connectivity index (χ1) is 5.66. The van der Waals surface area contributed by atoms with Crippen molar-refractivity contribution < 1.29 is 4.79 Å². The van der Waals surface area contributed by atoms with Crippen LogP contribution in [0.15, 0.2) is 0 Å². The minimum Gasteiger partial charge on any atom is -0.356 e. The van der Waals surface area contributed by atoms with Crippen LogP contribution in [-0.2, 0) is 4.79 Å². The van der Waals surface area contributed by atoms with Crippen molar-refractivity contribution in [2.45, 2.75) is 45.6 Å². The fraction of sp³-hybridized carbons (Fsp3) is 0.889. The zero-order chi connectivity index (χ0) is 9.40. The van der Waals surface area contributed by atoms with E-state index in [0.717, 1.165) is 19.3 Å². The van der Waals surface area contributed by atoms with Gasteiger partial charge in [0.25, 0.3) is 0 Å². The average molecular weight is 172 g/mol. The van der Waals surface area contributed by atoms with E-state index in [1.807, 2.05) is 6.92 Å². The number of amides is 1. The van der Waals surface area contributed by atoms with E-state index in [1.54, 1.807) is 0 Å². The molecule has 0 aromatic rings. The molecule has 12 heavy (non-hydrogen) atoms. The highest BCUT2D eigenvalue weighted by Gasteiger charge is 1.99. The lowest BCUT2D eigenvalue weighted by Gasteiger charge is -2.06. The van der Waals surface area contributed by atoms with E-state index in [0.29, 0.717) is 13.0 Å². The lowest BCUT2D eigenvalue weighted by molar-refractivity contribution is -0.121. The molecule has 0 aromatic heterocycles. The Morgan fingerprint density at radius 2 is 2.25 bits per heavy atom. The summed E-state index contributed by atoms with van der Waals surface area (Å²) >= 11 is 0. The lowest BCUT2D eigenvalue weighted by atomic mass is 10.2. The number of hydrogen-bond acceptors (Lipinski definition) is 2. The molecule has 0 aliphatic carbocycles. The fourth-order valence-corrected chi connectivity index (χ4v) is 0.865. The van der Waals surface area contributed by atoms with Crippen molar-refractivity contribution in [1.29, 1.82) is 0 Å². The second kappa shape index (κ2) is 7.10. The minimum atomic E-state index is 0.150. The highest BCUT2D eigenvalue weighted by atomic mass is 16.1. The van der Waals surface area contributed by atoms with Crippen LogP contribution in [0.25, 0.3) is 0 Å². The topological polar surface area (TPSA) is 55.1 Å². The summed E-state index contributed by atoms with van der Waals surface area (Å²) in [6.45, 7) is 4.73. The van der Waals surface area contributed by atoms with Gasteiger partial charge in [0.05, 0.1) is 0 Å². The van der Waals surface area contributed by atoms with Crippen molar-refractivity contribution in [3.63, 3.8) is 0 Å². The molecule has 1 atom stereocenters. The number of nitrogens with two attached hydrogens (primary N) is 1. The van der Waals surface area contributed by atoms with Gasteiger partial charge in [0.2, 0.25) is 5.91 Å². The second-order valence-electron chi connectivity index (χ2n) is 3.22. The van der Waals surface area contributed by atoms with Crippen LogP contribution in [-0.4, -0.2) is 18.5 Å². The van der Waals surface area contributed by atoms with Crippen LogP contribution >= 0.6 is 0 Å². The Hall–Kier alpha value is -0.570. The van der Waals surface area contributed by atoms with Gasteiger partial charge in [-0.15, -0.1) is 0 Å². The minimum absolute atomic E-state index is 0.150. The van der Waals surface area contributed by atoms with Gasteiger partial charge < -0.3 is 11.1 Å². The van der Waals surface area contributed by atoms with Gasteiger partial charge in [-0.1, -0.05) is 13.3 Å². The standard InChI is InChI=1S/C9H20N2O/c1-3-4-5-9(12)11-7-6-8(2)10/h8H,3-7,10H2,1-2H3,(H,11,12). The van der Waals surface area contributed by atoms with E-state index in [2.05, 4.69) is 12.2 Å². The molecule has 0 spiro atoms. The molecular weight excluding hydrogens is 152 g/mol. The van der Waals surface area contributed by atoms with Crippen molar-refractivity contribution in [3.8, 4) is 0 Å². The summed E-state index contributed by atoms with van der Waals surface area (Å²) in [6.07, 6.45) is 3.55. The summed E-state index contributed by atoms with van der Waals surface area (Å²) in [4.78, 5) is 11.0. The molecule has 3 heteroatoms. The summed E-state index contributed by atoms with van der Waals surface area (Å²) in [6, 6.07) is 0.177. The third-order valence-electron chi connectivity index (χ3n) is 1.68. The van der Waals surface area contributed by atoms with Crippen molar-refractivity contribution in [3.05, 3.63) is 0 Å². The molecule has 0 rings (SSSR count). The Morgan fingerprint density at radius 3 is 2.75 bits per heavy atom. The van der Waals surface area contributed by atoms with Crippen LogP contribution in [0.5, 0.6) is 0 Å². The van der Waals surface area contributed by atoms with Gasteiger partial charge in [-0.25, -0.2) is 0 Å². The Bertz CT molecular complexity index is 124. The van der Waals surface area contributed by atoms with Crippen LogP contribution < -0.4 is 11.1 Å². The first-order valence-corrected chi connectivity index (χ1v) is 4.69. The molecule has 1 amide bonds. The van der Waals surface area contributed by atoms with Gasteiger partial charge in [-0.05, 0) is 19.8 Å². The molecule has 0 aromatic carbocycles. The van der Waals surface area contributed by atoms with Crippen LogP contribution in [0, 0.1) is 0 Å². The predicted octanol–water partition coefficient (Wildman–Crippen LogP) is 1.03. The average Bonchev–Trinajstić information content (AvgIpc) is 2.00. The molecule has 0 fully saturated rings. The van der Waals surface area contributed by atoms with E-state index in [4.69, 9.17) is 5.73 Å². The third-order valence-corrected chi connectivity index (χ3v) is 1.68. The number of hydrogen-bond donors (Lipinski definition) is 2. The fourth-order valence-electron chi connectivity index (χ4n) is 0.865. The van der Waals surface area contributed by atoms with Crippen molar-refractivity contribution >= 4 is 5.91 Å². The van der Waals surface area contributed by atoms with E-state index in [9.17, 15) is 4.79 Å². The smallest absolute Gasteiger partial charge is 0.219 e. The van der Waals surface area contributed by atoms with E-state index in [-0.39, 0.29) is 11.9 Å². The maximum absolute atomic E-state index is 11.0. The molecular formula is C9H20N2O. The number of carbonyl (C=O) groups excluding carboxylic acids is 1. The molecule has 0 heterocycles. The molecule has 0 saturated carbocycles. The Kier molecular flexibility index (Phi) is 6.76. The summed E-state index contributed by atoms with van der Waals surface area (Å²) in [5.74, 6) is 0.150. The normalized spacial score (nSPS) is 12.6. The van der Waals surface area contributed by atoms with E-state index < -0.39 is 0 Å². The highest BCUT2D eigenvalue weighted by molar-refractivity contribution is 5.75. The molecule has 0 bridgehead atoms. The summed E-state index contributed by atoms with van der Waals surface area (Å²) in [7, 11) is 0. The first kappa shape index (κ1) is 11.4. The molecule has 0 aliphatic heterocycles. The van der Waals surface area contributed by atoms with Gasteiger partial charge in [-0.3, -0.25) is 4.79 Å². The maximum atomic E-state index is 11.0. The Balaban J connectivity index is 3.20. The van der Waals surface area contributed by atoms with Gasteiger partial charge in [0, 0.05) is 19.0 Å². The molecule has 1 unspecified atom stereocenters. The van der Waals surface area contributed by atoms with Crippen molar-refractivity contribution in [1.82, 2.24) is 5.32 Å². The number of carbonyl (C=O) groups is 1. The van der Waals surface area contributed by atoms with Crippen molar-refractivity contribution in [2.75, 3.05) is 6.54 Å². The van der Waals surface area contributed by atoms with Gasteiger partial charge >= 0.3 is 0 Å². The zero-order valence-corrected chi connectivity index (χ0v) is 8.10. The Morgan fingerprint density at radius 1 is 1.58 bits per heavy atom. The highest BCUT2D eigenvalue weighted by Crippen LogP contribution is 1.93. The number of unbranched alkanes of at least 4 members (excludes halogenated alkanes) is 1. The molecule has 0 aliphatic rings. The third kappa shape index (κ3) is 7.54. The monoisotopic (exact) mass is 172 g/mol. The Labute approximate surface area is 74.7 Å². The molecule has 0 saturated heterocycles. The van der Waals surface area contributed by atoms with Gasteiger partial charge in [-0.2, -0.15) is 0 Å². The van der Waals surface area contributed by atoms with E-state index >= 15 is 0 Å². The van der Waals surface area contributed by atoms with Crippen LogP contribution in [0.2, 0.25) is 0 Å². The quantitative estimate of drug-likeness (QED) is 0.628.